The molecule has 1 aliphatic heterocycles. The number of benzene rings is 1. The highest BCUT2D eigenvalue weighted by molar-refractivity contribution is 5.90. The summed E-state index contributed by atoms with van der Waals surface area (Å²) < 4.78 is 10.1. The summed E-state index contributed by atoms with van der Waals surface area (Å²) in [7, 11) is 1.23. The number of amides is 2. The molecule has 28 heavy (non-hydrogen) atoms. The maximum atomic E-state index is 12.7. The summed E-state index contributed by atoms with van der Waals surface area (Å²) >= 11 is 0. The summed E-state index contributed by atoms with van der Waals surface area (Å²) in [6, 6.07) is 9.59. The Balaban J connectivity index is 1.99. The summed E-state index contributed by atoms with van der Waals surface area (Å²) in [5.74, 6) is -1.48. The van der Waals surface area contributed by atoms with E-state index in [0.717, 1.165) is 5.56 Å². The largest absolute Gasteiger partial charge is 0.467 e. The second kappa shape index (κ2) is 10.3. The third kappa shape index (κ3) is 5.46. The van der Waals surface area contributed by atoms with Gasteiger partial charge in [-0.15, -0.1) is 0 Å². The Bertz CT molecular complexity index is 731. The molecule has 1 heterocycles. The number of likely N-dealkylation sites (tertiary alicyclic amines) is 1. The average molecular weight is 387 g/mol. The molecular weight excluding hydrogens is 362 g/mol. The number of methoxy groups -OCH3 is 1. The number of nitriles is 1. The van der Waals surface area contributed by atoms with E-state index in [-0.39, 0.29) is 13.0 Å². The Morgan fingerprint density at radius 2 is 2.04 bits per heavy atom. The van der Waals surface area contributed by atoms with Gasteiger partial charge in [-0.1, -0.05) is 37.3 Å². The standard InChI is InChI=1S/C20H25N3O5/c1-14(10-11-21)17(19(25)27-2)22-18(24)16-9-6-12-23(16)20(26)28-13-15-7-4-3-5-8-15/h3-5,7-8,14,16-17H,6,9-10,12-13H2,1-2H3,(H,22,24)/t14-,16-,17+/m1/s1. The molecule has 1 aromatic carbocycles. The van der Waals surface area contributed by atoms with Gasteiger partial charge in [0.25, 0.3) is 0 Å². The predicted octanol–water partition coefficient (Wildman–Crippen LogP) is 2.00. The van der Waals surface area contributed by atoms with Crippen molar-refractivity contribution in [1.29, 1.82) is 5.26 Å². The van der Waals surface area contributed by atoms with Crippen LogP contribution in [0.1, 0.15) is 31.7 Å². The van der Waals surface area contributed by atoms with Crippen LogP contribution in [0.4, 0.5) is 4.79 Å². The van der Waals surface area contributed by atoms with Gasteiger partial charge in [-0.3, -0.25) is 9.69 Å². The van der Waals surface area contributed by atoms with Gasteiger partial charge in [0, 0.05) is 18.9 Å². The lowest BCUT2D eigenvalue weighted by molar-refractivity contribution is -0.147. The van der Waals surface area contributed by atoms with Crippen molar-refractivity contribution in [3.8, 4) is 6.07 Å². The zero-order valence-corrected chi connectivity index (χ0v) is 16.1. The molecule has 1 saturated heterocycles. The van der Waals surface area contributed by atoms with Gasteiger partial charge in [0.05, 0.1) is 13.2 Å². The van der Waals surface area contributed by atoms with Crippen molar-refractivity contribution >= 4 is 18.0 Å². The van der Waals surface area contributed by atoms with Crippen molar-refractivity contribution in [2.45, 2.75) is 44.9 Å². The first-order valence-electron chi connectivity index (χ1n) is 9.20. The van der Waals surface area contributed by atoms with Gasteiger partial charge in [0.2, 0.25) is 5.91 Å². The van der Waals surface area contributed by atoms with Crippen LogP contribution < -0.4 is 5.32 Å². The van der Waals surface area contributed by atoms with E-state index in [2.05, 4.69) is 5.32 Å². The Morgan fingerprint density at radius 1 is 1.32 bits per heavy atom. The topological polar surface area (TPSA) is 109 Å². The van der Waals surface area contributed by atoms with Crippen LogP contribution >= 0.6 is 0 Å². The lowest BCUT2D eigenvalue weighted by atomic mass is 9.98. The number of carbonyl (C=O) groups excluding carboxylic acids is 3. The van der Waals surface area contributed by atoms with Crippen LogP contribution in [0.25, 0.3) is 0 Å². The minimum atomic E-state index is -0.945. The predicted molar refractivity (Wildman–Crippen MR) is 99.7 cm³/mol. The molecular formula is C20H25N3O5. The average Bonchev–Trinajstić information content (AvgIpc) is 3.20. The number of ether oxygens (including phenoxy) is 2. The molecule has 0 unspecified atom stereocenters. The van der Waals surface area contributed by atoms with Crippen molar-refractivity contribution in [3.63, 3.8) is 0 Å². The van der Waals surface area contributed by atoms with Crippen LogP contribution in [-0.2, 0) is 25.7 Å². The van der Waals surface area contributed by atoms with Crippen molar-refractivity contribution in [2.75, 3.05) is 13.7 Å². The highest BCUT2D eigenvalue weighted by Gasteiger charge is 2.38. The number of hydrogen-bond donors (Lipinski definition) is 1. The minimum absolute atomic E-state index is 0.0908. The zero-order chi connectivity index (χ0) is 20.5. The van der Waals surface area contributed by atoms with Gasteiger partial charge in [-0.2, -0.15) is 5.26 Å². The van der Waals surface area contributed by atoms with Gasteiger partial charge in [0.1, 0.15) is 18.7 Å². The smallest absolute Gasteiger partial charge is 0.410 e. The number of hydrogen-bond acceptors (Lipinski definition) is 6. The first-order chi connectivity index (χ1) is 13.5. The molecule has 0 aliphatic carbocycles. The van der Waals surface area contributed by atoms with E-state index >= 15 is 0 Å². The lowest BCUT2D eigenvalue weighted by Gasteiger charge is -2.27. The van der Waals surface area contributed by atoms with Crippen LogP contribution in [0, 0.1) is 17.2 Å². The number of nitrogens with one attached hydrogen (secondary N) is 1. The second-order valence-corrected chi connectivity index (χ2v) is 6.74. The molecule has 8 nitrogen and oxygen atoms in total. The molecule has 0 aromatic heterocycles. The molecule has 0 bridgehead atoms. The molecule has 0 spiro atoms. The van der Waals surface area contributed by atoms with Crippen molar-refractivity contribution in [2.24, 2.45) is 5.92 Å². The first kappa shape index (κ1) is 21.2. The fraction of sp³-hybridized carbons (Fsp3) is 0.500. The van der Waals surface area contributed by atoms with E-state index in [0.29, 0.717) is 19.4 Å². The number of nitrogens with zero attached hydrogens (tertiary/aromatic N) is 2. The summed E-state index contributed by atoms with van der Waals surface area (Å²) in [6.07, 6.45) is 0.663. The number of carbonyl (C=O) groups is 3. The van der Waals surface area contributed by atoms with Crippen LogP contribution in [0.3, 0.4) is 0 Å². The summed E-state index contributed by atoms with van der Waals surface area (Å²) in [4.78, 5) is 38.5. The molecule has 0 saturated carbocycles. The highest BCUT2D eigenvalue weighted by Crippen LogP contribution is 2.20. The van der Waals surface area contributed by atoms with Gasteiger partial charge >= 0.3 is 12.1 Å². The van der Waals surface area contributed by atoms with Crippen molar-refractivity contribution in [1.82, 2.24) is 10.2 Å². The fourth-order valence-corrected chi connectivity index (χ4v) is 3.13. The SMILES string of the molecule is COC(=O)[C@@H](NC(=O)[C@H]1CCCN1C(=O)OCc1ccccc1)[C@H](C)CC#N. The quantitative estimate of drug-likeness (QED) is 0.717. The maximum absolute atomic E-state index is 12.7. The second-order valence-electron chi connectivity index (χ2n) is 6.74. The third-order valence-electron chi connectivity index (χ3n) is 4.73. The highest BCUT2D eigenvalue weighted by atomic mass is 16.6. The molecule has 2 amide bonds. The van der Waals surface area contributed by atoms with E-state index in [4.69, 9.17) is 14.7 Å². The van der Waals surface area contributed by atoms with E-state index in [9.17, 15) is 14.4 Å². The maximum Gasteiger partial charge on any atom is 0.410 e. The molecule has 0 radical (unpaired) electrons. The number of esters is 1. The van der Waals surface area contributed by atoms with Crippen molar-refractivity contribution < 1.29 is 23.9 Å². The zero-order valence-electron chi connectivity index (χ0n) is 16.1. The molecule has 3 atom stereocenters. The Morgan fingerprint density at radius 3 is 2.68 bits per heavy atom. The molecule has 1 fully saturated rings. The molecule has 1 aromatic rings. The summed E-state index contributed by atoms with van der Waals surface area (Å²) in [5, 5.41) is 11.5. The third-order valence-corrected chi connectivity index (χ3v) is 4.73. The van der Waals surface area contributed by atoms with Gasteiger partial charge in [0.15, 0.2) is 0 Å². The molecule has 8 heteroatoms. The van der Waals surface area contributed by atoms with Gasteiger partial charge < -0.3 is 14.8 Å². The van der Waals surface area contributed by atoms with Crippen LogP contribution in [0.2, 0.25) is 0 Å². The monoisotopic (exact) mass is 387 g/mol. The first-order valence-corrected chi connectivity index (χ1v) is 9.20. The van der Waals surface area contributed by atoms with Gasteiger partial charge in [-0.05, 0) is 18.4 Å². The van der Waals surface area contributed by atoms with Crippen LogP contribution in [0.5, 0.6) is 0 Å². The summed E-state index contributed by atoms with van der Waals surface area (Å²) in [6.45, 7) is 2.21. The Kier molecular flexibility index (Phi) is 7.81. The van der Waals surface area contributed by atoms with E-state index in [1.54, 1.807) is 6.92 Å². The normalized spacial score (nSPS) is 17.9. The van der Waals surface area contributed by atoms with Crippen LogP contribution in [0.15, 0.2) is 30.3 Å². The molecule has 1 N–H and O–H groups in total. The molecule has 150 valence electrons. The fourth-order valence-electron chi connectivity index (χ4n) is 3.13. The Hall–Kier alpha value is -3.08. The van der Waals surface area contributed by atoms with E-state index < -0.39 is 36.0 Å². The van der Waals surface area contributed by atoms with Crippen molar-refractivity contribution in [3.05, 3.63) is 35.9 Å². The summed E-state index contributed by atoms with van der Waals surface area (Å²) in [5.41, 5.74) is 0.854. The van der Waals surface area contributed by atoms with Gasteiger partial charge in [-0.25, -0.2) is 9.59 Å². The van der Waals surface area contributed by atoms with E-state index in [1.165, 1.54) is 12.0 Å². The molecule has 1 aliphatic rings. The minimum Gasteiger partial charge on any atom is -0.467 e. The lowest BCUT2D eigenvalue weighted by Crippen LogP contribution is -2.53. The Labute approximate surface area is 164 Å². The van der Waals surface area contributed by atoms with E-state index in [1.807, 2.05) is 36.4 Å². The number of rotatable bonds is 7. The van der Waals surface area contributed by atoms with Crippen LogP contribution in [-0.4, -0.2) is 48.6 Å². The molecule has 2 rings (SSSR count).